The number of fused-ring (bicyclic) bond motifs is 11. The van der Waals surface area contributed by atoms with Crippen molar-refractivity contribution in [2.24, 2.45) is 35.5 Å². The lowest BCUT2D eigenvalue weighted by atomic mass is 9.57. The third-order valence-corrected chi connectivity index (χ3v) is 25.2. The van der Waals surface area contributed by atoms with Gasteiger partial charge < -0.3 is 14.4 Å². The standard InChI is InChI=1S/2C32H27FN4O.C29H27FN4O3S/c1-4-9-21-24-16-15-23-28(22-10-5-6-13-25(22)33)36-31(20-11-7-14-26-19(20)12-8-17-35-26)37-30(23)32(24,2)18-27(34-3)29(21)38;1-4-9-21-25-15-14-23-28(22-12-7-8-13-26(22)33)36-31(24-18-35-17-19-10-5-6-11-20(19)24)37-30(23)32(25,2)16-27(34-3)29(21)38;1-17-22-12-11-21-25(20-7-5-6-8-23(20)30)33-28(18-9-10-19(32-16-18)13-14-38(4,36)37)34-27(21)29(22,2)15-24(31-3)26(17)35/h5-8,10-14,17-18,21,24H,4,9,15-16H2,1-2H3;5-8,10-13,16-18,21,25H,4,9,14-15H2,1-2H3;5-10,15-17,22H,11-14H2,1-2,4H3/t21-,24-,32-;21-,25-,32-;17-,22-,29-/m111/s1. The topological polar surface area (TPSA) is 214 Å². The van der Waals surface area contributed by atoms with Crippen molar-refractivity contribution in [1.29, 1.82) is 0 Å². The van der Waals surface area contributed by atoms with E-state index in [1.54, 1.807) is 85.5 Å². The van der Waals surface area contributed by atoms with E-state index in [2.05, 4.69) is 57.2 Å². The van der Waals surface area contributed by atoms with Crippen LogP contribution in [0.4, 0.5) is 13.2 Å². The monoisotopic (exact) mass is 1530 g/mol. The van der Waals surface area contributed by atoms with E-state index in [4.69, 9.17) is 49.6 Å². The lowest BCUT2D eigenvalue weighted by Crippen LogP contribution is -2.47. The van der Waals surface area contributed by atoms with Gasteiger partial charge in [-0.3, -0.25) is 15.0 Å². The molecule has 21 heteroatoms. The number of hydrogen-bond donors (Lipinski definition) is 0. The first-order valence-corrected chi connectivity index (χ1v) is 40.7. The highest BCUT2D eigenvalue weighted by molar-refractivity contribution is 7.90. The van der Waals surface area contributed by atoms with Gasteiger partial charge in [0.1, 0.15) is 27.3 Å². The van der Waals surface area contributed by atoms with E-state index >= 15 is 13.2 Å². The summed E-state index contributed by atoms with van der Waals surface area (Å²) in [6.45, 7) is 35.2. The zero-order valence-electron chi connectivity index (χ0n) is 64.2. The number of allylic oxidation sites excluding steroid dienone is 6. The molecule has 0 N–H and O–H groups in total. The van der Waals surface area contributed by atoms with Crippen molar-refractivity contribution >= 4 is 48.9 Å². The van der Waals surface area contributed by atoms with Crippen molar-refractivity contribution < 1.29 is 36.0 Å². The van der Waals surface area contributed by atoms with E-state index in [9.17, 15) is 22.8 Å². The van der Waals surface area contributed by atoms with Gasteiger partial charge in [-0.2, -0.15) is 0 Å². The number of carbonyl (C=O) groups excluding carboxylic acids is 3. The summed E-state index contributed by atoms with van der Waals surface area (Å²) in [5.74, 6) is -0.881. The Balaban J connectivity index is 0.000000135. The molecule has 0 radical (unpaired) electrons. The van der Waals surface area contributed by atoms with E-state index in [1.807, 2.05) is 92.7 Å². The first-order valence-electron chi connectivity index (χ1n) is 38.7. The van der Waals surface area contributed by atoms with Crippen molar-refractivity contribution in [2.45, 2.75) is 128 Å². The molecule has 9 atom stereocenters. The molecule has 0 spiro atoms. The van der Waals surface area contributed by atoms with Crippen LogP contribution in [0.1, 0.15) is 126 Å². The molecule has 0 amide bonds. The van der Waals surface area contributed by atoms with Crippen LogP contribution in [0.15, 0.2) is 200 Å². The number of aromatic nitrogens is 9. The van der Waals surface area contributed by atoms with Gasteiger partial charge in [-0.1, -0.05) is 151 Å². The summed E-state index contributed by atoms with van der Waals surface area (Å²) < 4.78 is 68.6. The predicted octanol–water partition coefficient (Wildman–Crippen LogP) is 19.0. The van der Waals surface area contributed by atoms with Gasteiger partial charge in [0, 0.05) is 138 Å². The molecule has 114 heavy (non-hydrogen) atoms. The second-order valence-electron chi connectivity index (χ2n) is 31.2. The van der Waals surface area contributed by atoms with Gasteiger partial charge in [0.2, 0.25) is 17.1 Å². The summed E-state index contributed by atoms with van der Waals surface area (Å²) in [6.07, 6.45) is 21.0. The Morgan fingerprint density at radius 3 is 1.41 bits per heavy atom. The van der Waals surface area contributed by atoms with Crippen LogP contribution in [0.5, 0.6) is 0 Å². The molecule has 6 heterocycles. The summed E-state index contributed by atoms with van der Waals surface area (Å²) in [5.41, 5.74) is 9.78. The van der Waals surface area contributed by atoms with E-state index in [0.717, 1.165) is 99.4 Å². The molecule has 570 valence electrons. The molecular formula is C93H81F3N12O5S. The van der Waals surface area contributed by atoms with Crippen LogP contribution in [-0.4, -0.2) is 82.6 Å². The van der Waals surface area contributed by atoms with Crippen molar-refractivity contribution in [1.82, 2.24) is 44.9 Å². The first kappa shape index (κ1) is 77.1. The lowest BCUT2D eigenvalue weighted by molar-refractivity contribution is -0.123. The molecule has 5 aromatic carbocycles. The van der Waals surface area contributed by atoms with Gasteiger partial charge in [0.05, 0.1) is 65.1 Å². The Kier molecular flexibility index (Phi) is 21.0. The predicted molar refractivity (Wildman–Crippen MR) is 433 cm³/mol. The van der Waals surface area contributed by atoms with Crippen molar-refractivity contribution in [3.8, 4) is 67.9 Å². The number of aryl methyl sites for hydroxylation is 1. The third-order valence-electron chi connectivity index (χ3n) is 24.3. The molecule has 6 aromatic heterocycles. The van der Waals surface area contributed by atoms with Crippen molar-refractivity contribution in [3.63, 3.8) is 0 Å². The van der Waals surface area contributed by atoms with Gasteiger partial charge >= 0.3 is 0 Å². The summed E-state index contributed by atoms with van der Waals surface area (Å²) in [7, 11) is -3.12. The highest BCUT2D eigenvalue weighted by Gasteiger charge is 2.54. The number of benzene rings is 5. The Labute approximate surface area is 660 Å². The van der Waals surface area contributed by atoms with Crippen LogP contribution in [-0.2, 0) is 66.1 Å². The fraction of sp³-hybridized carbons (Fsp3) is 0.301. The van der Waals surface area contributed by atoms with E-state index in [-0.39, 0.29) is 87.3 Å². The molecule has 17 nitrogen and oxygen atoms in total. The molecular weight excluding hydrogens is 1450 g/mol. The van der Waals surface area contributed by atoms with Gasteiger partial charge in [0.25, 0.3) is 0 Å². The third kappa shape index (κ3) is 13.9. The number of carbonyl (C=O) groups is 3. The fourth-order valence-corrected chi connectivity index (χ4v) is 19.3. The van der Waals surface area contributed by atoms with Gasteiger partial charge in [0.15, 0.2) is 34.8 Å². The molecule has 0 aliphatic heterocycles. The largest absolute Gasteiger partial charge is 0.308 e. The molecule has 0 bridgehead atoms. The maximum atomic E-state index is 15.2. The number of ketones is 3. The van der Waals surface area contributed by atoms with Crippen LogP contribution in [0.3, 0.4) is 0 Å². The Bertz CT molecular complexity index is 5890. The number of halogens is 3. The quantitative estimate of drug-likeness (QED) is 0.0982. The van der Waals surface area contributed by atoms with Gasteiger partial charge in [-0.05, 0) is 135 Å². The van der Waals surface area contributed by atoms with Gasteiger partial charge in [-0.25, -0.2) is 66.0 Å². The summed E-state index contributed by atoms with van der Waals surface area (Å²) in [5, 5.41) is 2.83. The summed E-state index contributed by atoms with van der Waals surface area (Å²) >= 11 is 0. The first-order chi connectivity index (χ1) is 54.9. The molecule has 17 rings (SSSR count). The maximum absolute atomic E-state index is 15.2. The molecule has 0 saturated heterocycles. The molecule has 6 aliphatic rings. The molecule has 11 aromatic rings. The van der Waals surface area contributed by atoms with Gasteiger partial charge in [-0.15, -0.1) is 0 Å². The van der Waals surface area contributed by atoms with Crippen LogP contribution < -0.4 is 0 Å². The second-order valence-corrected chi connectivity index (χ2v) is 33.4. The van der Waals surface area contributed by atoms with Crippen LogP contribution in [0.25, 0.3) is 104 Å². The maximum Gasteiger partial charge on any atom is 0.226 e. The minimum atomic E-state index is -3.12. The summed E-state index contributed by atoms with van der Waals surface area (Å²) in [4.78, 5) is 93.5. The van der Waals surface area contributed by atoms with E-state index in [0.29, 0.717) is 100 Å². The van der Waals surface area contributed by atoms with Crippen molar-refractivity contribution in [3.05, 3.63) is 291 Å². The fourth-order valence-electron chi connectivity index (χ4n) is 18.7. The SMILES string of the molecule is [C-]#[N+]C1=C[C@@]2(C)c3nc(-c4ccc(CCS(C)(=O)=O)nc4)nc(-c4ccccc4F)c3CC[C@@H]2[C@@H](C)C1=O.[C-]#[N+]C1=C[C@@]2(C)c3nc(-c4cccc5ncccc45)nc(-c4ccccc4F)c3CC[C@@H]2[C@@H](CCC)C1=O.[C-]#[N+]C1=C[C@@]2(C)c3nc(-c4cncc5ccccc45)nc(-c4ccccc4F)c3CC[C@@H]2[C@@H](CCC)C1=O. The minimum Gasteiger partial charge on any atom is -0.308 e. The van der Waals surface area contributed by atoms with Crippen molar-refractivity contribution in [2.75, 3.05) is 12.0 Å². The average molecular weight is 1540 g/mol. The number of sulfone groups is 1. The number of hydrogen-bond acceptors (Lipinski definition) is 14. The molecule has 0 saturated carbocycles. The Morgan fingerprint density at radius 2 is 0.921 bits per heavy atom. The van der Waals surface area contributed by atoms with Crippen LogP contribution in [0, 0.1) is 72.7 Å². The second kappa shape index (κ2) is 31.0. The number of nitrogens with zero attached hydrogens (tertiary/aromatic N) is 12. The molecule has 0 fully saturated rings. The number of pyridine rings is 3. The molecule has 0 unspecified atom stereocenters. The zero-order chi connectivity index (χ0) is 80.1. The van der Waals surface area contributed by atoms with Crippen LogP contribution >= 0.6 is 0 Å². The average Bonchev–Trinajstić information content (AvgIpc) is 0.725. The highest BCUT2D eigenvalue weighted by atomic mass is 32.2. The lowest BCUT2D eigenvalue weighted by Gasteiger charge is -2.47. The highest BCUT2D eigenvalue weighted by Crippen LogP contribution is 2.56. The Morgan fingerprint density at radius 1 is 0.474 bits per heavy atom. The zero-order valence-corrected chi connectivity index (χ0v) is 65.0. The molecule has 6 aliphatic carbocycles. The number of rotatable bonds is 13. The summed E-state index contributed by atoms with van der Waals surface area (Å²) in [6, 6.07) is 41.0. The normalized spacial score (nSPS) is 22.5. The number of Topliss-reactive ketones (excluding diaryl/α,β-unsaturated/α-hetero) is 3. The Hall–Kier alpha value is -12.3. The minimum absolute atomic E-state index is 0.00150. The smallest absolute Gasteiger partial charge is 0.226 e. The van der Waals surface area contributed by atoms with E-state index < -0.39 is 31.9 Å². The van der Waals surface area contributed by atoms with E-state index in [1.165, 1.54) is 24.5 Å². The van der Waals surface area contributed by atoms with Crippen LogP contribution in [0.2, 0.25) is 0 Å².